The van der Waals surface area contributed by atoms with E-state index < -0.39 is 0 Å². The molecule has 0 bridgehead atoms. The number of rotatable bonds is 4. The Morgan fingerprint density at radius 2 is 1.96 bits per heavy atom. The van der Waals surface area contributed by atoms with E-state index in [0.29, 0.717) is 5.92 Å². The van der Waals surface area contributed by atoms with E-state index in [1.165, 1.54) is 23.4 Å². The van der Waals surface area contributed by atoms with E-state index in [2.05, 4.69) is 38.7 Å². The van der Waals surface area contributed by atoms with Gasteiger partial charge in [-0.1, -0.05) is 29.8 Å². The largest absolute Gasteiger partial charge is 0.298 e. The summed E-state index contributed by atoms with van der Waals surface area (Å²) in [5, 5.41) is 10.7. The van der Waals surface area contributed by atoms with Crippen LogP contribution in [0, 0.1) is 0 Å². The molecule has 0 atom stereocenters. The number of aromatic amines is 1. The van der Waals surface area contributed by atoms with Crippen molar-refractivity contribution in [1.29, 1.82) is 0 Å². The van der Waals surface area contributed by atoms with Crippen LogP contribution in [0.4, 0.5) is 0 Å². The van der Waals surface area contributed by atoms with Crippen LogP contribution in [0.2, 0.25) is 5.02 Å². The second-order valence-corrected chi connectivity index (χ2v) is 7.81. The van der Waals surface area contributed by atoms with Crippen molar-refractivity contribution in [3.8, 4) is 11.3 Å². The van der Waals surface area contributed by atoms with Crippen molar-refractivity contribution in [2.24, 2.45) is 0 Å². The predicted molar refractivity (Wildman–Crippen MR) is 101 cm³/mol. The summed E-state index contributed by atoms with van der Waals surface area (Å²) in [5.74, 6) is 0.582. The van der Waals surface area contributed by atoms with Crippen LogP contribution in [0.25, 0.3) is 11.3 Å². The monoisotopic (exact) mass is 357 g/mol. The molecule has 0 unspecified atom stereocenters. The fraction of sp³-hybridized carbons (Fsp3) is 0.316. The first-order valence-corrected chi connectivity index (χ1v) is 9.60. The number of benzene rings is 1. The van der Waals surface area contributed by atoms with Crippen LogP contribution >= 0.6 is 22.9 Å². The van der Waals surface area contributed by atoms with Crippen LogP contribution < -0.4 is 0 Å². The fourth-order valence-electron chi connectivity index (χ4n) is 3.34. The Morgan fingerprint density at radius 1 is 1.17 bits per heavy atom. The average Bonchev–Trinajstić information content (AvgIpc) is 3.28. The number of likely N-dealkylation sites (tertiary alicyclic amines) is 1. The lowest BCUT2D eigenvalue weighted by Gasteiger charge is -2.31. The standard InChI is InChI=1S/C19H20ClN3S/c20-16-5-3-14(4-6-16)18-12-19(22-21-18)15-7-9-23(10-8-15)13-17-2-1-11-24-17/h1-6,11-12,15H,7-10,13H2,(H,21,22). The summed E-state index contributed by atoms with van der Waals surface area (Å²) < 4.78 is 0. The van der Waals surface area contributed by atoms with Gasteiger partial charge in [0, 0.05) is 33.6 Å². The number of halogens is 1. The third kappa shape index (κ3) is 3.56. The molecule has 0 amide bonds. The Hall–Kier alpha value is -1.62. The van der Waals surface area contributed by atoms with E-state index >= 15 is 0 Å². The number of thiophene rings is 1. The van der Waals surface area contributed by atoms with Crippen LogP contribution in [0.15, 0.2) is 47.8 Å². The molecule has 5 heteroatoms. The van der Waals surface area contributed by atoms with Gasteiger partial charge in [0.05, 0.1) is 5.69 Å². The topological polar surface area (TPSA) is 31.9 Å². The van der Waals surface area contributed by atoms with E-state index in [4.69, 9.17) is 11.6 Å². The SMILES string of the molecule is Clc1ccc(-c2cc(C3CCN(Cc4cccs4)CC3)[nH]n2)cc1. The molecule has 3 nitrogen and oxygen atoms in total. The molecule has 2 aromatic heterocycles. The molecule has 0 spiro atoms. The highest BCUT2D eigenvalue weighted by Crippen LogP contribution is 2.30. The molecule has 4 rings (SSSR count). The number of H-pyrrole nitrogens is 1. The Kier molecular flexibility index (Phi) is 4.69. The van der Waals surface area contributed by atoms with Gasteiger partial charge >= 0.3 is 0 Å². The van der Waals surface area contributed by atoms with Gasteiger partial charge in [0.2, 0.25) is 0 Å². The number of aromatic nitrogens is 2. The first-order valence-electron chi connectivity index (χ1n) is 8.34. The number of nitrogens with zero attached hydrogens (tertiary/aromatic N) is 2. The molecule has 3 aromatic rings. The van der Waals surface area contributed by atoms with Gasteiger partial charge in [0.15, 0.2) is 0 Å². The minimum absolute atomic E-state index is 0.582. The van der Waals surface area contributed by atoms with Crippen LogP contribution in [-0.4, -0.2) is 28.2 Å². The average molecular weight is 358 g/mol. The summed E-state index contributed by atoms with van der Waals surface area (Å²) in [6.07, 6.45) is 2.38. The Balaban J connectivity index is 1.38. The lowest BCUT2D eigenvalue weighted by molar-refractivity contribution is 0.205. The fourth-order valence-corrected chi connectivity index (χ4v) is 4.21. The van der Waals surface area contributed by atoms with E-state index in [0.717, 1.165) is 35.9 Å². The molecule has 0 radical (unpaired) electrons. The van der Waals surface area contributed by atoms with Crippen molar-refractivity contribution in [3.05, 3.63) is 63.4 Å². The molecular formula is C19H20ClN3S. The molecule has 3 heterocycles. The first kappa shape index (κ1) is 15.9. The predicted octanol–water partition coefficient (Wildman–Crippen LogP) is 5.17. The zero-order valence-corrected chi connectivity index (χ0v) is 15.0. The summed E-state index contributed by atoms with van der Waals surface area (Å²) in [6.45, 7) is 3.39. The van der Waals surface area contributed by atoms with Crippen LogP contribution in [0.5, 0.6) is 0 Å². The molecule has 1 fully saturated rings. The maximum atomic E-state index is 5.96. The third-order valence-corrected chi connectivity index (χ3v) is 5.84. The molecule has 24 heavy (non-hydrogen) atoms. The molecule has 1 aliphatic heterocycles. The molecule has 124 valence electrons. The van der Waals surface area contributed by atoms with E-state index in [9.17, 15) is 0 Å². The second kappa shape index (κ2) is 7.09. The van der Waals surface area contributed by atoms with Crippen molar-refractivity contribution in [2.45, 2.75) is 25.3 Å². The quantitative estimate of drug-likeness (QED) is 0.698. The van der Waals surface area contributed by atoms with Gasteiger partial charge in [-0.15, -0.1) is 11.3 Å². The molecule has 0 aliphatic carbocycles. The van der Waals surface area contributed by atoms with Gasteiger partial charge in [-0.05, 0) is 55.6 Å². The minimum atomic E-state index is 0.582. The van der Waals surface area contributed by atoms with Crippen LogP contribution in [0.1, 0.15) is 29.3 Å². The highest BCUT2D eigenvalue weighted by molar-refractivity contribution is 7.09. The molecule has 0 saturated carbocycles. The molecule has 1 aliphatic rings. The zero-order chi connectivity index (χ0) is 16.4. The Morgan fingerprint density at radius 3 is 2.67 bits per heavy atom. The molecule has 1 aromatic carbocycles. The number of hydrogen-bond acceptors (Lipinski definition) is 3. The highest BCUT2D eigenvalue weighted by Gasteiger charge is 2.22. The summed E-state index contributed by atoms with van der Waals surface area (Å²) in [6, 6.07) is 14.4. The smallest absolute Gasteiger partial charge is 0.0923 e. The molecular weight excluding hydrogens is 338 g/mol. The van der Waals surface area contributed by atoms with E-state index in [-0.39, 0.29) is 0 Å². The summed E-state index contributed by atoms with van der Waals surface area (Å²) in [5.41, 5.74) is 3.37. The van der Waals surface area contributed by atoms with Gasteiger partial charge in [0.25, 0.3) is 0 Å². The van der Waals surface area contributed by atoms with Gasteiger partial charge < -0.3 is 0 Å². The third-order valence-electron chi connectivity index (χ3n) is 4.72. The normalized spacial score (nSPS) is 16.5. The minimum Gasteiger partial charge on any atom is -0.298 e. The van der Waals surface area contributed by atoms with Crippen LogP contribution in [0.3, 0.4) is 0 Å². The summed E-state index contributed by atoms with van der Waals surface area (Å²) in [4.78, 5) is 4.01. The van der Waals surface area contributed by atoms with Crippen molar-refractivity contribution in [2.75, 3.05) is 13.1 Å². The Labute approximate surface area is 151 Å². The lowest BCUT2D eigenvalue weighted by Crippen LogP contribution is -2.32. The van der Waals surface area contributed by atoms with Gasteiger partial charge in [-0.3, -0.25) is 10.00 Å². The van der Waals surface area contributed by atoms with Crippen molar-refractivity contribution in [1.82, 2.24) is 15.1 Å². The Bertz CT molecular complexity index is 771. The van der Waals surface area contributed by atoms with Crippen molar-refractivity contribution >= 4 is 22.9 Å². The van der Waals surface area contributed by atoms with Crippen molar-refractivity contribution in [3.63, 3.8) is 0 Å². The van der Waals surface area contributed by atoms with E-state index in [1.807, 2.05) is 35.6 Å². The maximum absolute atomic E-state index is 5.96. The second-order valence-electron chi connectivity index (χ2n) is 6.35. The van der Waals surface area contributed by atoms with Gasteiger partial charge in [-0.25, -0.2) is 0 Å². The van der Waals surface area contributed by atoms with Crippen molar-refractivity contribution < 1.29 is 0 Å². The molecule has 1 N–H and O–H groups in total. The maximum Gasteiger partial charge on any atom is 0.0923 e. The first-order chi connectivity index (χ1) is 11.8. The summed E-state index contributed by atoms with van der Waals surface area (Å²) in [7, 11) is 0. The van der Waals surface area contributed by atoms with E-state index in [1.54, 1.807) is 0 Å². The molecule has 1 saturated heterocycles. The van der Waals surface area contributed by atoms with Gasteiger partial charge in [0.1, 0.15) is 0 Å². The van der Waals surface area contributed by atoms with Gasteiger partial charge in [-0.2, -0.15) is 5.10 Å². The number of hydrogen-bond donors (Lipinski definition) is 1. The highest BCUT2D eigenvalue weighted by atomic mass is 35.5. The van der Waals surface area contributed by atoms with Crippen LogP contribution in [-0.2, 0) is 6.54 Å². The lowest BCUT2D eigenvalue weighted by atomic mass is 9.93. The number of piperidine rings is 1. The number of nitrogens with one attached hydrogen (secondary N) is 1. The summed E-state index contributed by atoms with van der Waals surface area (Å²) >= 11 is 7.81. The zero-order valence-electron chi connectivity index (χ0n) is 13.4.